The highest BCUT2D eigenvalue weighted by atomic mass is 16.3. The highest BCUT2D eigenvalue weighted by Crippen LogP contribution is 2.31. The minimum absolute atomic E-state index is 0.209. The number of furan rings is 1. The lowest BCUT2D eigenvalue weighted by Gasteiger charge is -2.04. The molecular weight excluding hydrogens is 228 g/mol. The Morgan fingerprint density at radius 2 is 1.83 bits per heavy atom. The summed E-state index contributed by atoms with van der Waals surface area (Å²) < 4.78 is 5.45. The van der Waals surface area contributed by atoms with Crippen LogP contribution in [0.1, 0.15) is 10.4 Å². The molecular formula is C15H10O3. The number of hydrogen-bond acceptors (Lipinski definition) is 3. The highest BCUT2D eigenvalue weighted by molar-refractivity contribution is 5.97. The van der Waals surface area contributed by atoms with Gasteiger partial charge in [0.2, 0.25) is 0 Å². The number of carbonyl (C=O) groups is 1. The third kappa shape index (κ3) is 1.66. The first kappa shape index (κ1) is 10.6. The van der Waals surface area contributed by atoms with Crippen LogP contribution in [0.5, 0.6) is 5.75 Å². The Bertz CT molecular complexity index is 708. The SMILES string of the molecule is O=Cc1cc(-c2ccc(O)cc2)c2occc2c1. The molecule has 0 unspecified atom stereocenters. The standard InChI is InChI=1S/C15H10O3/c16-9-10-7-12-5-6-18-15(12)14(8-10)11-1-3-13(17)4-2-11/h1-9,17H. The Kier molecular flexibility index (Phi) is 2.38. The van der Waals surface area contributed by atoms with Crippen molar-refractivity contribution in [1.82, 2.24) is 0 Å². The van der Waals surface area contributed by atoms with Crippen LogP contribution in [-0.2, 0) is 0 Å². The maximum absolute atomic E-state index is 10.9. The molecule has 1 aromatic heterocycles. The van der Waals surface area contributed by atoms with Crippen molar-refractivity contribution in [2.24, 2.45) is 0 Å². The average molecular weight is 238 g/mol. The van der Waals surface area contributed by atoms with Crippen LogP contribution < -0.4 is 0 Å². The van der Waals surface area contributed by atoms with E-state index in [0.29, 0.717) is 5.56 Å². The number of hydrogen-bond donors (Lipinski definition) is 1. The number of phenolic OH excluding ortho intramolecular Hbond substituents is 1. The van der Waals surface area contributed by atoms with Crippen LogP contribution in [0.3, 0.4) is 0 Å². The van der Waals surface area contributed by atoms with Crippen LogP contribution in [0.4, 0.5) is 0 Å². The number of benzene rings is 2. The number of aromatic hydroxyl groups is 1. The molecule has 0 fully saturated rings. The Balaban J connectivity index is 2.29. The molecule has 0 radical (unpaired) electrons. The van der Waals surface area contributed by atoms with E-state index in [4.69, 9.17) is 4.42 Å². The zero-order valence-electron chi connectivity index (χ0n) is 9.46. The number of aldehydes is 1. The molecule has 0 aliphatic carbocycles. The van der Waals surface area contributed by atoms with Crippen LogP contribution in [0.25, 0.3) is 22.1 Å². The van der Waals surface area contributed by atoms with Gasteiger partial charge in [0, 0.05) is 16.5 Å². The van der Waals surface area contributed by atoms with Gasteiger partial charge in [-0.3, -0.25) is 4.79 Å². The fourth-order valence-corrected chi connectivity index (χ4v) is 2.03. The summed E-state index contributed by atoms with van der Waals surface area (Å²) in [6, 6.07) is 12.2. The molecule has 18 heavy (non-hydrogen) atoms. The summed E-state index contributed by atoms with van der Waals surface area (Å²) in [6.07, 6.45) is 2.42. The van der Waals surface area contributed by atoms with Gasteiger partial charge in [-0.05, 0) is 35.9 Å². The molecule has 0 saturated carbocycles. The van der Waals surface area contributed by atoms with Gasteiger partial charge in [-0.25, -0.2) is 0 Å². The minimum Gasteiger partial charge on any atom is -0.508 e. The fourth-order valence-electron chi connectivity index (χ4n) is 2.03. The van der Waals surface area contributed by atoms with Gasteiger partial charge in [-0.1, -0.05) is 12.1 Å². The first-order valence-corrected chi connectivity index (χ1v) is 5.54. The Labute approximate surface area is 103 Å². The van der Waals surface area contributed by atoms with Gasteiger partial charge >= 0.3 is 0 Å². The van der Waals surface area contributed by atoms with Crippen molar-refractivity contribution in [2.75, 3.05) is 0 Å². The maximum atomic E-state index is 10.9. The summed E-state index contributed by atoms with van der Waals surface area (Å²) in [6.45, 7) is 0. The highest BCUT2D eigenvalue weighted by Gasteiger charge is 2.09. The van der Waals surface area contributed by atoms with E-state index in [9.17, 15) is 9.90 Å². The van der Waals surface area contributed by atoms with E-state index < -0.39 is 0 Å². The monoisotopic (exact) mass is 238 g/mol. The number of phenols is 1. The lowest BCUT2D eigenvalue weighted by molar-refractivity contribution is 0.112. The predicted octanol–water partition coefficient (Wildman–Crippen LogP) is 3.62. The summed E-state index contributed by atoms with van der Waals surface area (Å²) >= 11 is 0. The first-order chi connectivity index (χ1) is 8.78. The van der Waals surface area contributed by atoms with Gasteiger partial charge in [0.25, 0.3) is 0 Å². The quantitative estimate of drug-likeness (QED) is 0.694. The van der Waals surface area contributed by atoms with Gasteiger partial charge in [-0.15, -0.1) is 0 Å². The summed E-state index contributed by atoms with van der Waals surface area (Å²) in [5.74, 6) is 0.209. The molecule has 3 nitrogen and oxygen atoms in total. The smallest absolute Gasteiger partial charge is 0.150 e. The van der Waals surface area contributed by atoms with Gasteiger partial charge in [0.05, 0.1) is 6.26 Å². The second-order valence-electron chi connectivity index (χ2n) is 4.07. The van der Waals surface area contributed by atoms with Crippen LogP contribution in [0, 0.1) is 0 Å². The van der Waals surface area contributed by atoms with Gasteiger partial charge in [0.1, 0.15) is 17.6 Å². The average Bonchev–Trinajstić information content (AvgIpc) is 2.86. The van der Waals surface area contributed by atoms with Crippen LogP contribution >= 0.6 is 0 Å². The second kappa shape index (κ2) is 4.04. The van der Waals surface area contributed by atoms with Gasteiger partial charge in [-0.2, -0.15) is 0 Å². The van der Waals surface area contributed by atoms with E-state index in [-0.39, 0.29) is 5.75 Å². The van der Waals surface area contributed by atoms with E-state index in [2.05, 4.69) is 0 Å². The molecule has 3 rings (SSSR count). The Morgan fingerprint density at radius 3 is 2.56 bits per heavy atom. The molecule has 2 aromatic carbocycles. The van der Waals surface area contributed by atoms with Crippen molar-refractivity contribution < 1.29 is 14.3 Å². The van der Waals surface area contributed by atoms with Crippen molar-refractivity contribution in [3.8, 4) is 16.9 Å². The van der Waals surface area contributed by atoms with Crippen LogP contribution in [-0.4, -0.2) is 11.4 Å². The molecule has 0 aliphatic heterocycles. The van der Waals surface area contributed by atoms with Gasteiger partial charge in [0.15, 0.2) is 0 Å². The zero-order chi connectivity index (χ0) is 12.5. The minimum atomic E-state index is 0.209. The Morgan fingerprint density at radius 1 is 1.06 bits per heavy atom. The predicted molar refractivity (Wildman–Crippen MR) is 68.7 cm³/mol. The largest absolute Gasteiger partial charge is 0.508 e. The van der Waals surface area contributed by atoms with E-state index in [1.54, 1.807) is 42.7 Å². The number of rotatable bonds is 2. The molecule has 3 aromatic rings. The van der Waals surface area contributed by atoms with Crippen molar-refractivity contribution in [1.29, 1.82) is 0 Å². The van der Waals surface area contributed by atoms with E-state index in [1.165, 1.54) is 0 Å². The molecule has 0 atom stereocenters. The van der Waals surface area contributed by atoms with Crippen molar-refractivity contribution in [3.63, 3.8) is 0 Å². The van der Waals surface area contributed by atoms with Crippen molar-refractivity contribution in [2.45, 2.75) is 0 Å². The molecule has 1 heterocycles. The molecule has 88 valence electrons. The molecule has 3 heteroatoms. The van der Waals surface area contributed by atoms with Crippen LogP contribution in [0.2, 0.25) is 0 Å². The van der Waals surface area contributed by atoms with Crippen molar-refractivity contribution in [3.05, 3.63) is 54.3 Å². The van der Waals surface area contributed by atoms with Crippen molar-refractivity contribution >= 4 is 17.3 Å². The maximum Gasteiger partial charge on any atom is 0.150 e. The second-order valence-corrected chi connectivity index (χ2v) is 4.07. The number of carbonyl (C=O) groups excluding carboxylic acids is 1. The van der Waals surface area contributed by atoms with Crippen LogP contribution in [0.15, 0.2) is 53.1 Å². The molecule has 0 bridgehead atoms. The topological polar surface area (TPSA) is 50.4 Å². The summed E-state index contributed by atoms with van der Waals surface area (Å²) in [7, 11) is 0. The molecule has 0 aliphatic rings. The zero-order valence-corrected chi connectivity index (χ0v) is 9.46. The Hall–Kier alpha value is -2.55. The molecule has 1 N–H and O–H groups in total. The number of fused-ring (bicyclic) bond motifs is 1. The summed E-state index contributed by atoms with van der Waals surface area (Å²) in [5, 5.41) is 10.2. The van der Waals surface area contributed by atoms with E-state index in [0.717, 1.165) is 28.4 Å². The molecule has 0 amide bonds. The van der Waals surface area contributed by atoms with Gasteiger partial charge < -0.3 is 9.52 Å². The third-order valence-electron chi connectivity index (χ3n) is 2.89. The first-order valence-electron chi connectivity index (χ1n) is 5.54. The van der Waals surface area contributed by atoms with E-state index in [1.807, 2.05) is 6.07 Å². The lowest BCUT2D eigenvalue weighted by atomic mass is 10.0. The summed E-state index contributed by atoms with van der Waals surface area (Å²) in [4.78, 5) is 10.9. The normalized spacial score (nSPS) is 10.7. The van der Waals surface area contributed by atoms with E-state index >= 15 is 0 Å². The lowest BCUT2D eigenvalue weighted by Crippen LogP contribution is -1.84. The fraction of sp³-hybridized carbons (Fsp3) is 0. The molecule has 0 spiro atoms. The summed E-state index contributed by atoms with van der Waals surface area (Å²) in [5.41, 5.74) is 3.09. The third-order valence-corrected chi connectivity index (χ3v) is 2.89. The molecule has 0 saturated heterocycles.